The number of rotatable bonds is 7. The van der Waals surface area contributed by atoms with Crippen molar-refractivity contribution in [3.63, 3.8) is 0 Å². The summed E-state index contributed by atoms with van der Waals surface area (Å²) < 4.78 is 18.0. The number of anilines is 1. The molecule has 2 aromatic carbocycles. The molecule has 0 heterocycles. The summed E-state index contributed by atoms with van der Waals surface area (Å²) in [6, 6.07) is 12.3. The molecule has 0 spiro atoms. The molecule has 0 aliphatic carbocycles. The van der Waals surface area contributed by atoms with E-state index in [0.717, 1.165) is 5.56 Å². The highest BCUT2D eigenvalue weighted by molar-refractivity contribution is 5.94. The van der Waals surface area contributed by atoms with Gasteiger partial charge < -0.3 is 20.7 Å². The summed E-state index contributed by atoms with van der Waals surface area (Å²) in [4.78, 5) is 35.5. The number of hydrogen-bond donors (Lipinski definition) is 3. The zero-order valence-corrected chi connectivity index (χ0v) is 17.3. The molecule has 0 unspecified atom stereocenters. The highest BCUT2D eigenvalue weighted by Crippen LogP contribution is 2.11. The average Bonchev–Trinajstić information content (AvgIpc) is 2.66. The summed E-state index contributed by atoms with van der Waals surface area (Å²) in [6.07, 6.45) is -0.461. The molecule has 2 aromatic rings. The van der Waals surface area contributed by atoms with Gasteiger partial charge in [-0.25, -0.2) is 9.18 Å². The van der Waals surface area contributed by atoms with E-state index in [-0.39, 0.29) is 24.8 Å². The maximum absolute atomic E-state index is 12.9. The minimum Gasteiger partial charge on any atom is -0.444 e. The molecule has 7 nitrogen and oxygen atoms in total. The molecule has 8 heteroatoms. The molecule has 2 rings (SSSR count). The van der Waals surface area contributed by atoms with Crippen LogP contribution in [-0.2, 0) is 16.1 Å². The van der Waals surface area contributed by atoms with Crippen LogP contribution in [0.4, 0.5) is 14.9 Å². The number of nitrogens with one attached hydrogen (secondary N) is 3. The monoisotopic (exact) mass is 415 g/mol. The zero-order chi connectivity index (χ0) is 22.1. The summed E-state index contributed by atoms with van der Waals surface area (Å²) in [7, 11) is 0. The van der Waals surface area contributed by atoms with Gasteiger partial charge in [0.15, 0.2) is 0 Å². The standard InChI is InChI=1S/C22H26FN3O4/c1-22(2,3)30-21(29)24-13-12-19(27)26-18-10-4-15(5-11-18)14-25-20(28)16-6-8-17(23)9-7-16/h4-11H,12-14H2,1-3H3,(H,24,29)(H,25,28)(H,26,27). The summed E-state index contributed by atoms with van der Waals surface area (Å²) in [5.74, 6) is -0.946. The molecule has 3 amide bonds. The third-order valence-electron chi connectivity index (χ3n) is 3.82. The van der Waals surface area contributed by atoms with Gasteiger partial charge in [-0.3, -0.25) is 9.59 Å². The topological polar surface area (TPSA) is 96.5 Å². The Bertz CT molecular complexity index is 875. The van der Waals surface area contributed by atoms with E-state index in [9.17, 15) is 18.8 Å². The first kappa shape index (κ1) is 22.9. The SMILES string of the molecule is CC(C)(C)OC(=O)NCCC(=O)Nc1ccc(CNC(=O)c2ccc(F)cc2)cc1. The molecule has 0 saturated carbocycles. The quantitative estimate of drug-likeness (QED) is 0.644. The van der Waals surface area contributed by atoms with E-state index in [0.29, 0.717) is 17.8 Å². The first-order chi connectivity index (χ1) is 14.1. The Balaban J connectivity index is 1.73. The molecular formula is C22H26FN3O4. The summed E-state index contributed by atoms with van der Waals surface area (Å²) in [5, 5.41) is 8.01. The molecule has 30 heavy (non-hydrogen) atoms. The smallest absolute Gasteiger partial charge is 0.407 e. The van der Waals surface area contributed by atoms with Crippen molar-refractivity contribution in [3.05, 3.63) is 65.5 Å². The third-order valence-corrected chi connectivity index (χ3v) is 3.82. The van der Waals surface area contributed by atoms with E-state index in [1.54, 1.807) is 45.0 Å². The first-order valence-electron chi connectivity index (χ1n) is 9.52. The number of carbonyl (C=O) groups is 3. The van der Waals surface area contributed by atoms with E-state index in [4.69, 9.17) is 4.74 Å². The number of ether oxygens (including phenoxy) is 1. The Labute approximate surface area is 175 Å². The van der Waals surface area contributed by atoms with Gasteiger partial charge in [0.1, 0.15) is 11.4 Å². The van der Waals surface area contributed by atoms with Gasteiger partial charge in [-0.15, -0.1) is 0 Å². The summed E-state index contributed by atoms with van der Waals surface area (Å²) >= 11 is 0. The van der Waals surface area contributed by atoms with Crippen LogP contribution in [0.15, 0.2) is 48.5 Å². The van der Waals surface area contributed by atoms with Crippen LogP contribution in [0.1, 0.15) is 43.1 Å². The fourth-order valence-corrected chi connectivity index (χ4v) is 2.41. The van der Waals surface area contributed by atoms with Crippen molar-refractivity contribution in [2.45, 2.75) is 39.3 Å². The molecule has 0 bridgehead atoms. The van der Waals surface area contributed by atoms with Crippen LogP contribution in [0.3, 0.4) is 0 Å². The highest BCUT2D eigenvalue weighted by Gasteiger charge is 2.15. The Morgan fingerprint density at radius 1 is 0.933 bits per heavy atom. The summed E-state index contributed by atoms with van der Waals surface area (Å²) in [5.41, 5.74) is 1.23. The van der Waals surface area contributed by atoms with Crippen LogP contribution in [0.5, 0.6) is 0 Å². The third kappa shape index (κ3) is 8.30. The molecule has 0 aromatic heterocycles. The lowest BCUT2D eigenvalue weighted by Crippen LogP contribution is -2.34. The van der Waals surface area contributed by atoms with E-state index < -0.39 is 17.5 Å². The van der Waals surface area contributed by atoms with Crippen LogP contribution >= 0.6 is 0 Å². The maximum Gasteiger partial charge on any atom is 0.407 e. The van der Waals surface area contributed by atoms with Gasteiger partial charge in [0.05, 0.1) is 0 Å². The van der Waals surface area contributed by atoms with Crippen molar-refractivity contribution in [1.82, 2.24) is 10.6 Å². The largest absolute Gasteiger partial charge is 0.444 e. The van der Waals surface area contributed by atoms with Gasteiger partial charge in [0.2, 0.25) is 5.91 Å². The van der Waals surface area contributed by atoms with Gasteiger partial charge >= 0.3 is 6.09 Å². The van der Waals surface area contributed by atoms with Crippen LogP contribution < -0.4 is 16.0 Å². The van der Waals surface area contributed by atoms with Crippen molar-refractivity contribution >= 4 is 23.6 Å². The molecule has 0 aliphatic heterocycles. The minimum absolute atomic E-state index is 0.106. The number of benzene rings is 2. The molecule has 160 valence electrons. The van der Waals surface area contributed by atoms with Crippen molar-refractivity contribution in [2.75, 3.05) is 11.9 Å². The molecule has 3 N–H and O–H groups in total. The van der Waals surface area contributed by atoms with Crippen LogP contribution in [0.25, 0.3) is 0 Å². The zero-order valence-electron chi connectivity index (χ0n) is 17.3. The molecule has 0 saturated heterocycles. The van der Waals surface area contributed by atoms with Crippen LogP contribution in [0, 0.1) is 5.82 Å². The normalized spacial score (nSPS) is 10.8. The Hall–Kier alpha value is -3.42. The van der Waals surface area contributed by atoms with Crippen molar-refractivity contribution in [2.24, 2.45) is 0 Å². The van der Waals surface area contributed by atoms with Crippen molar-refractivity contribution in [3.8, 4) is 0 Å². The fourth-order valence-electron chi connectivity index (χ4n) is 2.41. The Kier molecular flexibility index (Phi) is 7.91. The molecule has 0 atom stereocenters. The fraction of sp³-hybridized carbons (Fsp3) is 0.318. The lowest BCUT2D eigenvalue weighted by Gasteiger charge is -2.19. The number of hydrogen-bond acceptors (Lipinski definition) is 4. The van der Waals surface area contributed by atoms with Gasteiger partial charge in [-0.05, 0) is 62.7 Å². The lowest BCUT2D eigenvalue weighted by atomic mass is 10.1. The van der Waals surface area contributed by atoms with Gasteiger partial charge in [0.25, 0.3) is 5.91 Å². The van der Waals surface area contributed by atoms with Crippen molar-refractivity contribution < 1.29 is 23.5 Å². The van der Waals surface area contributed by atoms with E-state index >= 15 is 0 Å². The average molecular weight is 415 g/mol. The van der Waals surface area contributed by atoms with E-state index in [1.807, 2.05) is 0 Å². The van der Waals surface area contributed by atoms with Crippen LogP contribution in [-0.4, -0.2) is 30.1 Å². The van der Waals surface area contributed by atoms with Crippen LogP contribution in [0.2, 0.25) is 0 Å². The Morgan fingerprint density at radius 2 is 1.57 bits per heavy atom. The highest BCUT2D eigenvalue weighted by atomic mass is 19.1. The predicted molar refractivity (Wildman–Crippen MR) is 111 cm³/mol. The molecule has 0 radical (unpaired) electrons. The van der Waals surface area contributed by atoms with E-state index in [2.05, 4.69) is 16.0 Å². The number of carbonyl (C=O) groups excluding carboxylic acids is 3. The minimum atomic E-state index is -0.591. The van der Waals surface area contributed by atoms with Gasteiger partial charge in [0, 0.05) is 30.8 Å². The second-order valence-electron chi connectivity index (χ2n) is 7.61. The maximum atomic E-state index is 12.9. The number of halogens is 1. The van der Waals surface area contributed by atoms with Gasteiger partial charge in [-0.2, -0.15) is 0 Å². The first-order valence-corrected chi connectivity index (χ1v) is 9.52. The predicted octanol–water partition coefficient (Wildman–Crippen LogP) is 3.61. The second-order valence-corrected chi connectivity index (χ2v) is 7.61. The summed E-state index contributed by atoms with van der Waals surface area (Å²) in [6.45, 7) is 5.74. The number of alkyl carbamates (subject to hydrolysis) is 1. The Morgan fingerprint density at radius 3 is 2.17 bits per heavy atom. The van der Waals surface area contributed by atoms with E-state index in [1.165, 1.54) is 24.3 Å². The number of amides is 3. The molecule has 0 aliphatic rings. The van der Waals surface area contributed by atoms with Crippen molar-refractivity contribution in [1.29, 1.82) is 0 Å². The molecule has 0 fully saturated rings. The molecular weight excluding hydrogens is 389 g/mol. The van der Waals surface area contributed by atoms with Gasteiger partial charge in [-0.1, -0.05) is 12.1 Å². The lowest BCUT2D eigenvalue weighted by molar-refractivity contribution is -0.116. The second kappa shape index (κ2) is 10.4.